The zero-order chi connectivity index (χ0) is 29.5. The van der Waals surface area contributed by atoms with E-state index < -0.39 is 5.60 Å². The van der Waals surface area contributed by atoms with Gasteiger partial charge in [-0.05, 0) is 89.1 Å². The second-order valence-corrected chi connectivity index (χ2v) is 12.2. The van der Waals surface area contributed by atoms with Gasteiger partial charge in [-0.1, -0.05) is 54.1 Å². The van der Waals surface area contributed by atoms with E-state index in [0.29, 0.717) is 19.1 Å². The number of aryl methyl sites for hydroxylation is 2. The highest BCUT2D eigenvalue weighted by atomic mass is 16.6. The zero-order valence-electron chi connectivity index (χ0n) is 25.3. The van der Waals surface area contributed by atoms with Gasteiger partial charge in [-0.15, -0.1) is 0 Å². The summed E-state index contributed by atoms with van der Waals surface area (Å²) in [4.78, 5) is 19.3. The Hall–Kier alpha value is -4.00. The van der Waals surface area contributed by atoms with Gasteiger partial charge >= 0.3 is 6.09 Å². The maximum Gasteiger partial charge on any atom is 0.410 e. The first-order valence-corrected chi connectivity index (χ1v) is 15.1. The van der Waals surface area contributed by atoms with Crippen LogP contribution in [0.5, 0.6) is 11.5 Å². The number of aromatic nitrogens is 2. The molecule has 7 heteroatoms. The maximum atomic E-state index is 12.5. The number of carbonyl (C=O) groups excluding carboxylic acids is 1. The van der Waals surface area contributed by atoms with Crippen LogP contribution in [0.2, 0.25) is 0 Å². The lowest BCUT2D eigenvalue weighted by atomic mass is 9.92. The molecule has 3 aromatic carbocycles. The SMILES string of the molecule is Cc1ccc(OCc2nc3c(OCc4ccccc4)cccc3n2CCCC2CCN(C(=O)OC(C)(C)C)CC2)cc1. The number of hydrogen-bond donors (Lipinski definition) is 0. The number of imidazole rings is 1. The van der Waals surface area contributed by atoms with Crippen molar-refractivity contribution in [1.29, 1.82) is 0 Å². The number of carbonyl (C=O) groups is 1. The summed E-state index contributed by atoms with van der Waals surface area (Å²) in [6.07, 6.45) is 3.93. The summed E-state index contributed by atoms with van der Waals surface area (Å²) in [5, 5.41) is 0. The van der Waals surface area contributed by atoms with Gasteiger partial charge in [0.1, 0.15) is 41.7 Å². The average Bonchev–Trinajstić information content (AvgIpc) is 3.33. The number of amides is 1. The van der Waals surface area contributed by atoms with Crippen molar-refractivity contribution < 1.29 is 19.0 Å². The van der Waals surface area contributed by atoms with Gasteiger partial charge in [0.15, 0.2) is 0 Å². The van der Waals surface area contributed by atoms with E-state index in [4.69, 9.17) is 19.2 Å². The van der Waals surface area contributed by atoms with Crippen LogP contribution in [0, 0.1) is 12.8 Å². The van der Waals surface area contributed by atoms with Crippen molar-refractivity contribution in [3.8, 4) is 11.5 Å². The number of benzene rings is 3. The number of nitrogens with zero attached hydrogens (tertiary/aromatic N) is 3. The summed E-state index contributed by atoms with van der Waals surface area (Å²) in [7, 11) is 0. The van der Waals surface area contributed by atoms with Crippen molar-refractivity contribution in [3.05, 3.63) is 89.7 Å². The second kappa shape index (κ2) is 13.3. The van der Waals surface area contributed by atoms with Crippen molar-refractivity contribution in [3.63, 3.8) is 0 Å². The Labute approximate surface area is 249 Å². The molecule has 0 radical (unpaired) electrons. The number of ether oxygens (including phenoxy) is 3. The van der Waals surface area contributed by atoms with Crippen molar-refractivity contribution in [2.75, 3.05) is 13.1 Å². The summed E-state index contributed by atoms with van der Waals surface area (Å²) in [5.74, 6) is 3.09. The van der Waals surface area contributed by atoms with Gasteiger partial charge in [-0.2, -0.15) is 0 Å². The van der Waals surface area contributed by atoms with Gasteiger partial charge in [-0.25, -0.2) is 9.78 Å². The summed E-state index contributed by atoms with van der Waals surface area (Å²) < 4.78 is 20.3. The molecule has 0 spiro atoms. The molecule has 0 aliphatic carbocycles. The quantitative estimate of drug-likeness (QED) is 0.194. The van der Waals surface area contributed by atoms with Crippen LogP contribution in [-0.2, 0) is 24.5 Å². The van der Waals surface area contributed by atoms with Gasteiger partial charge in [0.2, 0.25) is 0 Å². The lowest BCUT2D eigenvalue weighted by Gasteiger charge is -2.33. The normalized spacial score (nSPS) is 14.2. The number of hydrogen-bond acceptors (Lipinski definition) is 5. The van der Waals surface area contributed by atoms with E-state index in [1.807, 2.05) is 68.1 Å². The Kier molecular flexibility index (Phi) is 9.35. The molecule has 0 unspecified atom stereocenters. The minimum Gasteiger partial charge on any atom is -0.487 e. The van der Waals surface area contributed by atoms with Crippen LogP contribution in [0.1, 0.15) is 63.4 Å². The number of para-hydroxylation sites is 1. The molecular formula is C35H43N3O4. The zero-order valence-corrected chi connectivity index (χ0v) is 25.3. The lowest BCUT2D eigenvalue weighted by molar-refractivity contribution is 0.0180. The minimum atomic E-state index is -0.463. The number of rotatable bonds is 10. The molecule has 1 aliphatic heterocycles. The first kappa shape index (κ1) is 29.5. The Morgan fingerprint density at radius 2 is 1.64 bits per heavy atom. The molecule has 0 saturated carbocycles. The van der Waals surface area contributed by atoms with Gasteiger partial charge < -0.3 is 23.7 Å². The minimum absolute atomic E-state index is 0.200. The molecule has 1 aliphatic rings. The highest BCUT2D eigenvalue weighted by Crippen LogP contribution is 2.29. The first-order valence-electron chi connectivity index (χ1n) is 15.1. The van der Waals surface area contributed by atoms with Crippen LogP contribution < -0.4 is 9.47 Å². The Balaban J connectivity index is 1.26. The standard InChI is InChI=1S/C35H43N3O4/c1-26-15-17-29(18-16-26)40-25-32-36-33-30(13-8-14-31(33)41-24-28-10-6-5-7-11-28)38(32)21-9-12-27-19-22-37(23-20-27)34(39)42-35(2,3)4/h5-8,10-11,13-18,27H,9,12,19-25H2,1-4H3. The van der Waals surface area contributed by atoms with E-state index in [1.165, 1.54) is 5.56 Å². The fourth-order valence-electron chi connectivity index (χ4n) is 5.43. The van der Waals surface area contributed by atoms with Gasteiger partial charge in [0, 0.05) is 19.6 Å². The highest BCUT2D eigenvalue weighted by Gasteiger charge is 2.27. The van der Waals surface area contributed by atoms with Crippen LogP contribution in [0.4, 0.5) is 4.79 Å². The highest BCUT2D eigenvalue weighted by molar-refractivity contribution is 5.82. The molecule has 0 bridgehead atoms. The number of piperidine rings is 1. The summed E-state index contributed by atoms with van der Waals surface area (Å²) in [6.45, 7) is 11.0. The van der Waals surface area contributed by atoms with E-state index in [1.54, 1.807) is 0 Å². The molecule has 4 aromatic rings. The second-order valence-electron chi connectivity index (χ2n) is 12.2. The Bertz CT molecular complexity index is 1450. The van der Waals surface area contributed by atoms with Crippen LogP contribution in [0.3, 0.4) is 0 Å². The molecule has 1 fully saturated rings. The van der Waals surface area contributed by atoms with Crippen molar-refractivity contribution in [1.82, 2.24) is 14.5 Å². The van der Waals surface area contributed by atoms with E-state index in [9.17, 15) is 4.79 Å². The van der Waals surface area contributed by atoms with Crippen molar-refractivity contribution >= 4 is 17.1 Å². The van der Waals surface area contributed by atoms with Gasteiger partial charge in [0.05, 0.1) is 5.52 Å². The summed E-state index contributed by atoms with van der Waals surface area (Å²) in [6, 6.07) is 24.5. The summed E-state index contributed by atoms with van der Waals surface area (Å²) >= 11 is 0. The monoisotopic (exact) mass is 569 g/mol. The molecular weight excluding hydrogens is 526 g/mol. The fourth-order valence-corrected chi connectivity index (χ4v) is 5.43. The molecule has 1 aromatic heterocycles. The van der Waals surface area contributed by atoms with Crippen LogP contribution >= 0.6 is 0 Å². The van der Waals surface area contributed by atoms with E-state index >= 15 is 0 Å². The lowest BCUT2D eigenvalue weighted by Crippen LogP contribution is -2.41. The number of fused-ring (bicyclic) bond motifs is 1. The first-order chi connectivity index (χ1) is 20.2. The van der Waals surface area contributed by atoms with E-state index in [0.717, 1.165) is 79.2 Å². The third-order valence-corrected chi connectivity index (χ3v) is 7.71. The van der Waals surface area contributed by atoms with Crippen LogP contribution in [0.15, 0.2) is 72.8 Å². The number of likely N-dealkylation sites (tertiary alicyclic amines) is 1. The van der Waals surface area contributed by atoms with Crippen molar-refractivity contribution in [2.24, 2.45) is 5.92 Å². The van der Waals surface area contributed by atoms with E-state index in [-0.39, 0.29) is 6.09 Å². The third-order valence-electron chi connectivity index (χ3n) is 7.71. The molecule has 2 heterocycles. The molecule has 5 rings (SSSR count). The van der Waals surface area contributed by atoms with Crippen molar-refractivity contribution in [2.45, 2.75) is 78.7 Å². The predicted molar refractivity (Wildman–Crippen MR) is 166 cm³/mol. The molecule has 1 amide bonds. The molecule has 7 nitrogen and oxygen atoms in total. The molecule has 0 N–H and O–H groups in total. The third kappa shape index (κ3) is 7.84. The molecule has 42 heavy (non-hydrogen) atoms. The maximum absolute atomic E-state index is 12.5. The van der Waals surface area contributed by atoms with Crippen LogP contribution in [-0.4, -0.2) is 39.2 Å². The summed E-state index contributed by atoms with van der Waals surface area (Å²) in [5.41, 5.74) is 3.78. The van der Waals surface area contributed by atoms with E-state index in [2.05, 4.69) is 41.8 Å². The smallest absolute Gasteiger partial charge is 0.410 e. The largest absolute Gasteiger partial charge is 0.487 e. The Morgan fingerprint density at radius 1 is 0.905 bits per heavy atom. The topological polar surface area (TPSA) is 65.8 Å². The molecule has 222 valence electrons. The fraction of sp³-hybridized carbons (Fsp3) is 0.429. The van der Waals surface area contributed by atoms with Gasteiger partial charge in [-0.3, -0.25) is 0 Å². The molecule has 1 saturated heterocycles. The molecule has 0 atom stereocenters. The average molecular weight is 570 g/mol. The van der Waals surface area contributed by atoms with Gasteiger partial charge in [0.25, 0.3) is 0 Å². The predicted octanol–water partition coefficient (Wildman–Crippen LogP) is 7.93. The Morgan fingerprint density at radius 3 is 2.36 bits per heavy atom. The van der Waals surface area contributed by atoms with Crippen LogP contribution in [0.25, 0.3) is 11.0 Å².